The van der Waals surface area contributed by atoms with E-state index < -0.39 is 5.60 Å². The van der Waals surface area contributed by atoms with Crippen molar-refractivity contribution in [3.63, 3.8) is 0 Å². The molecule has 0 saturated carbocycles. The van der Waals surface area contributed by atoms with Gasteiger partial charge in [-0.05, 0) is 45.7 Å². The fraction of sp³-hybridized carbons (Fsp3) is 0.875. The fourth-order valence-electron chi connectivity index (χ4n) is 1.16. The van der Waals surface area contributed by atoms with Crippen molar-refractivity contribution in [2.45, 2.75) is 79.2 Å². The normalized spacial score (nSPS) is 11.3. The summed E-state index contributed by atoms with van der Waals surface area (Å²) in [4.78, 5) is 2.42. The Kier molecular flexibility index (Phi) is 14.3. The van der Waals surface area contributed by atoms with E-state index in [4.69, 9.17) is 5.11 Å². The molecule has 0 aromatic heterocycles. The van der Waals surface area contributed by atoms with Crippen LogP contribution in [0.5, 0.6) is 0 Å². The maximum Gasteiger partial charge on any atom is 0.0589 e. The minimum Gasteiger partial charge on any atom is -0.390 e. The lowest BCUT2D eigenvalue weighted by molar-refractivity contribution is 0.0765. The quantitative estimate of drug-likeness (QED) is 0.687. The van der Waals surface area contributed by atoms with Gasteiger partial charge >= 0.3 is 0 Å². The summed E-state index contributed by atoms with van der Waals surface area (Å²) < 4.78 is 0. The van der Waals surface area contributed by atoms with Gasteiger partial charge in [0.25, 0.3) is 0 Å². The van der Waals surface area contributed by atoms with Crippen LogP contribution in [0.3, 0.4) is 0 Å². The lowest BCUT2D eigenvalue weighted by atomic mass is 10.1. The third-order valence-corrected chi connectivity index (χ3v) is 2.73. The number of unbranched alkanes of at least 4 members (excludes halogenated alkanes) is 1. The molecule has 2 heteroatoms. The standard InChI is InChI=1S/C11H23N.C5H12O/c1-4-7-10-12(9-6-3)11-8-5-2;1-4-5(2,3)6/h7,10H,4-6,8-9,11H2,1-3H3;6H,4H2,1-3H3/b10-7+;. The molecule has 2 nitrogen and oxygen atoms in total. The van der Waals surface area contributed by atoms with E-state index in [2.05, 4.69) is 37.9 Å². The van der Waals surface area contributed by atoms with Gasteiger partial charge in [0, 0.05) is 13.1 Å². The molecular weight excluding hydrogens is 222 g/mol. The molecule has 0 spiro atoms. The van der Waals surface area contributed by atoms with Crippen LogP contribution in [0, 0.1) is 0 Å². The average Bonchev–Trinajstić information content (AvgIpc) is 2.32. The Morgan fingerprint density at radius 2 is 1.56 bits per heavy atom. The Balaban J connectivity index is 0. The number of aliphatic hydroxyl groups is 1. The minimum absolute atomic E-state index is 0.458. The first-order chi connectivity index (χ1) is 8.41. The molecule has 0 aromatic carbocycles. The van der Waals surface area contributed by atoms with Gasteiger partial charge in [-0.25, -0.2) is 0 Å². The van der Waals surface area contributed by atoms with Gasteiger partial charge < -0.3 is 10.0 Å². The van der Waals surface area contributed by atoms with Crippen LogP contribution in [0.15, 0.2) is 12.3 Å². The summed E-state index contributed by atoms with van der Waals surface area (Å²) in [5, 5.41) is 8.83. The summed E-state index contributed by atoms with van der Waals surface area (Å²) in [6, 6.07) is 0. The molecule has 0 bridgehead atoms. The van der Waals surface area contributed by atoms with Crippen molar-refractivity contribution in [3.05, 3.63) is 12.3 Å². The predicted octanol–water partition coefficient (Wildman–Crippen LogP) is 4.59. The Morgan fingerprint density at radius 3 is 1.89 bits per heavy atom. The second-order valence-electron chi connectivity index (χ2n) is 5.35. The summed E-state index contributed by atoms with van der Waals surface area (Å²) in [7, 11) is 0. The zero-order valence-electron chi connectivity index (χ0n) is 13.5. The molecule has 0 aliphatic carbocycles. The molecule has 0 aliphatic heterocycles. The van der Waals surface area contributed by atoms with E-state index in [0.717, 1.165) is 12.8 Å². The summed E-state index contributed by atoms with van der Waals surface area (Å²) in [6.07, 6.45) is 10.3. The van der Waals surface area contributed by atoms with Crippen molar-refractivity contribution < 1.29 is 5.11 Å². The second-order valence-corrected chi connectivity index (χ2v) is 5.35. The number of hydrogen-bond donors (Lipinski definition) is 1. The van der Waals surface area contributed by atoms with Gasteiger partial charge in [0.1, 0.15) is 0 Å². The molecule has 110 valence electrons. The van der Waals surface area contributed by atoms with Crippen LogP contribution in [0.25, 0.3) is 0 Å². The van der Waals surface area contributed by atoms with Crippen molar-refractivity contribution in [2.24, 2.45) is 0 Å². The predicted molar refractivity (Wildman–Crippen MR) is 82.8 cm³/mol. The van der Waals surface area contributed by atoms with E-state index in [1.807, 2.05) is 6.92 Å². The molecule has 0 heterocycles. The smallest absolute Gasteiger partial charge is 0.0589 e. The van der Waals surface area contributed by atoms with Gasteiger partial charge in [-0.1, -0.05) is 40.2 Å². The maximum absolute atomic E-state index is 8.83. The van der Waals surface area contributed by atoms with Gasteiger partial charge in [-0.15, -0.1) is 0 Å². The Hall–Kier alpha value is -0.500. The van der Waals surface area contributed by atoms with E-state index in [1.165, 1.54) is 32.4 Å². The monoisotopic (exact) mass is 257 g/mol. The molecule has 0 atom stereocenters. The first-order valence-electron chi connectivity index (χ1n) is 7.54. The summed E-state index contributed by atoms with van der Waals surface area (Å²) in [6.45, 7) is 14.6. The van der Waals surface area contributed by atoms with E-state index >= 15 is 0 Å². The highest BCUT2D eigenvalue weighted by Gasteiger charge is 2.05. The van der Waals surface area contributed by atoms with Crippen LogP contribution in [-0.2, 0) is 0 Å². The molecule has 0 amide bonds. The highest BCUT2D eigenvalue weighted by atomic mass is 16.3. The molecule has 1 N–H and O–H groups in total. The van der Waals surface area contributed by atoms with Crippen LogP contribution in [-0.4, -0.2) is 28.7 Å². The third kappa shape index (κ3) is 17.9. The first kappa shape index (κ1) is 19.8. The SMILES string of the molecule is CC/C=C/N(CCC)CCCC.CCC(C)(C)O. The van der Waals surface area contributed by atoms with Crippen LogP contribution < -0.4 is 0 Å². The largest absolute Gasteiger partial charge is 0.390 e. The van der Waals surface area contributed by atoms with Gasteiger partial charge in [0.05, 0.1) is 5.60 Å². The van der Waals surface area contributed by atoms with Crippen molar-refractivity contribution in [2.75, 3.05) is 13.1 Å². The second kappa shape index (κ2) is 12.9. The Bertz CT molecular complexity index is 182. The average molecular weight is 257 g/mol. The Labute approximate surface area is 115 Å². The number of nitrogens with zero attached hydrogens (tertiary/aromatic N) is 1. The lowest BCUT2D eigenvalue weighted by Crippen LogP contribution is -2.19. The van der Waals surface area contributed by atoms with Gasteiger partial charge in [0.15, 0.2) is 0 Å². The lowest BCUT2D eigenvalue weighted by Gasteiger charge is -2.18. The van der Waals surface area contributed by atoms with Crippen molar-refractivity contribution in [3.8, 4) is 0 Å². The highest BCUT2D eigenvalue weighted by molar-refractivity contribution is 4.80. The van der Waals surface area contributed by atoms with Crippen LogP contribution in [0.1, 0.15) is 73.6 Å². The van der Waals surface area contributed by atoms with E-state index in [0.29, 0.717) is 0 Å². The number of allylic oxidation sites excluding steroid dienone is 1. The van der Waals surface area contributed by atoms with Gasteiger partial charge in [-0.2, -0.15) is 0 Å². The third-order valence-electron chi connectivity index (χ3n) is 2.73. The molecule has 0 aromatic rings. The van der Waals surface area contributed by atoms with Gasteiger partial charge in [-0.3, -0.25) is 0 Å². The zero-order valence-corrected chi connectivity index (χ0v) is 13.5. The van der Waals surface area contributed by atoms with Crippen molar-refractivity contribution in [1.29, 1.82) is 0 Å². The summed E-state index contributed by atoms with van der Waals surface area (Å²) in [5.41, 5.74) is -0.458. The zero-order chi connectivity index (χ0) is 14.4. The van der Waals surface area contributed by atoms with Crippen LogP contribution in [0.2, 0.25) is 0 Å². The molecule has 0 aliphatic rings. The molecule has 0 radical (unpaired) electrons. The number of hydrogen-bond acceptors (Lipinski definition) is 2. The Morgan fingerprint density at radius 1 is 1.00 bits per heavy atom. The molecular formula is C16H35NO. The highest BCUT2D eigenvalue weighted by Crippen LogP contribution is 2.03. The first-order valence-corrected chi connectivity index (χ1v) is 7.54. The molecule has 0 saturated heterocycles. The van der Waals surface area contributed by atoms with Gasteiger partial charge in [0.2, 0.25) is 0 Å². The van der Waals surface area contributed by atoms with Crippen molar-refractivity contribution in [1.82, 2.24) is 4.90 Å². The van der Waals surface area contributed by atoms with E-state index in [9.17, 15) is 0 Å². The summed E-state index contributed by atoms with van der Waals surface area (Å²) in [5.74, 6) is 0. The molecule has 18 heavy (non-hydrogen) atoms. The van der Waals surface area contributed by atoms with E-state index in [1.54, 1.807) is 13.8 Å². The maximum atomic E-state index is 8.83. The number of rotatable bonds is 8. The molecule has 0 fully saturated rings. The van der Waals surface area contributed by atoms with Crippen LogP contribution >= 0.6 is 0 Å². The molecule has 0 rings (SSSR count). The topological polar surface area (TPSA) is 23.5 Å². The van der Waals surface area contributed by atoms with Crippen molar-refractivity contribution >= 4 is 0 Å². The molecule has 0 unspecified atom stereocenters. The summed E-state index contributed by atoms with van der Waals surface area (Å²) >= 11 is 0. The van der Waals surface area contributed by atoms with Crippen LogP contribution in [0.4, 0.5) is 0 Å². The fourth-order valence-corrected chi connectivity index (χ4v) is 1.16. The van der Waals surface area contributed by atoms with E-state index in [-0.39, 0.29) is 0 Å². The minimum atomic E-state index is -0.458.